The fraction of sp³-hybridized carbons (Fsp3) is 0.500. The zero-order valence-electron chi connectivity index (χ0n) is 11.0. The molecule has 1 aromatic heterocycles. The summed E-state index contributed by atoms with van der Waals surface area (Å²) in [6.45, 7) is 11.9. The molecule has 1 heterocycles. The molecule has 0 aliphatic carbocycles. The minimum absolute atomic E-state index is 0.0573. The third-order valence-corrected chi connectivity index (χ3v) is 2.65. The Bertz CT molecular complexity index is 483. The topological polar surface area (TPSA) is 45.1 Å². The first kappa shape index (κ1) is 13.6. The van der Waals surface area contributed by atoms with Crippen LogP contribution in [0.2, 0.25) is 0 Å². The fourth-order valence-electron chi connectivity index (χ4n) is 2.25. The highest BCUT2D eigenvalue weighted by Crippen LogP contribution is 2.28. The summed E-state index contributed by atoms with van der Waals surface area (Å²) in [5.74, 6) is 0. The monoisotopic (exact) mass is 234 g/mol. The van der Waals surface area contributed by atoms with Crippen molar-refractivity contribution in [3.05, 3.63) is 51.1 Å². The first-order chi connectivity index (χ1) is 7.71. The molecular weight excluding hydrogens is 214 g/mol. The van der Waals surface area contributed by atoms with Gasteiger partial charge in [-0.1, -0.05) is 19.4 Å². The predicted octanol–water partition coefficient (Wildman–Crippen LogP) is 3.04. The fourth-order valence-corrected chi connectivity index (χ4v) is 2.25. The van der Waals surface area contributed by atoms with Gasteiger partial charge in [-0.05, 0) is 43.7 Å². The number of allylic oxidation sites excluding steroid dienone is 1. The number of aryl methyl sites for hydroxylation is 1. The van der Waals surface area contributed by atoms with Crippen LogP contribution in [0, 0.1) is 17.5 Å². The Labute approximate surface area is 102 Å². The first-order valence-electron chi connectivity index (χ1n) is 5.76. The minimum Gasteiger partial charge on any atom is -0.803 e. The Morgan fingerprint density at radius 2 is 2.06 bits per heavy atom. The van der Waals surface area contributed by atoms with Gasteiger partial charge in [-0.15, -0.1) is 6.58 Å². The van der Waals surface area contributed by atoms with Gasteiger partial charge < -0.3 is 9.94 Å². The molecule has 1 rings (SSSR count). The lowest BCUT2D eigenvalue weighted by atomic mass is 9.82. The average molecular weight is 234 g/mol. The molecule has 3 nitrogen and oxygen atoms in total. The van der Waals surface area contributed by atoms with Crippen LogP contribution in [0.15, 0.2) is 29.1 Å². The average Bonchev–Trinajstić information content (AvgIpc) is 2.10. The molecule has 0 aliphatic heterocycles. The highest BCUT2D eigenvalue weighted by atomic mass is 16.5. The van der Waals surface area contributed by atoms with Gasteiger partial charge in [0.05, 0.1) is 0 Å². The Morgan fingerprint density at radius 1 is 1.47 bits per heavy atom. The maximum Gasteiger partial charge on any atom is 0.246 e. The molecule has 0 aromatic carbocycles. The second-order valence-corrected chi connectivity index (χ2v) is 5.63. The normalized spacial score (nSPS) is 11.5. The van der Waals surface area contributed by atoms with Crippen molar-refractivity contribution in [3.8, 4) is 0 Å². The first-order valence-corrected chi connectivity index (χ1v) is 5.76. The molecule has 0 saturated carbocycles. The van der Waals surface area contributed by atoms with E-state index < -0.39 is 5.56 Å². The highest BCUT2D eigenvalue weighted by Gasteiger charge is 2.19. The molecule has 0 bridgehead atoms. The van der Waals surface area contributed by atoms with Gasteiger partial charge in [-0.25, -0.2) is 0 Å². The van der Waals surface area contributed by atoms with Gasteiger partial charge >= 0.3 is 0 Å². The Kier molecular flexibility index (Phi) is 3.81. The van der Waals surface area contributed by atoms with Crippen LogP contribution in [-0.4, -0.2) is 4.73 Å². The number of rotatable bonds is 4. The van der Waals surface area contributed by atoms with Crippen molar-refractivity contribution in [2.75, 3.05) is 0 Å². The van der Waals surface area contributed by atoms with Crippen molar-refractivity contribution in [2.45, 2.75) is 40.5 Å². The maximum absolute atomic E-state index is 11.7. The molecule has 1 aromatic rings. The lowest BCUT2D eigenvalue weighted by molar-refractivity contribution is 0.353. The zero-order chi connectivity index (χ0) is 13.2. The van der Waals surface area contributed by atoms with Gasteiger partial charge in [-0.2, -0.15) is 0 Å². The van der Waals surface area contributed by atoms with Crippen LogP contribution < -0.4 is 5.56 Å². The zero-order valence-corrected chi connectivity index (χ0v) is 11.0. The van der Waals surface area contributed by atoms with Crippen LogP contribution >= 0.6 is 0 Å². The second-order valence-electron chi connectivity index (χ2n) is 5.63. The van der Waals surface area contributed by atoms with E-state index in [2.05, 4.69) is 20.4 Å². The van der Waals surface area contributed by atoms with Crippen molar-refractivity contribution in [1.82, 2.24) is 4.73 Å². The van der Waals surface area contributed by atoms with E-state index in [0.717, 1.165) is 17.6 Å². The Hall–Kier alpha value is -1.51. The SMILES string of the molecule is C=C(C)CC(C)(C)Cc1cc(C)cc(=O)n1[O-]. The summed E-state index contributed by atoms with van der Waals surface area (Å²) in [7, 11) is 0. The van der Waals surface area contributed by atoms with Crippen LogP contribution in [0.25, 0.3) is 0 Å². The lowest BCUT2D eigenvalue weighted by Crippen LogP contribution is -2.24. The summed E-state index contributed by atoms with van der Waals surface area (Å²) < 4.78 is 0.493. The van der Waals surface area contributed by atoms with Crippen LogP contribution in [0.3, 0.4) is 0 Å². The van der Waals surface area contributed by atoms with Crippen molar-refractivity contribution in [2.24, 2.45) is 5.41 Å². The van der Waals surface area contributed by atoms with Crippen molar-refractivity contribution < 1.29 is 0 Å². The summed E-state index contributed by atoms with van der Waals surface area (Å²) in [4.78, 5) is 11.4. The van der Waals surface area contributed by atoms with Crippen LogP contribution in [0.5, 0.6) is 0 Å². The molecule has 17 heavy (non-hydrogen) atoms. The highest BCUT2D eigenvalue weighted by molar-refractivity contribution is 5.18. The number of aromatic nitrogens is 1. The summed E-state index contributed by atoms with van der Waals surface area (Å²) in [6, 6.07) is 3.15. The number of hydrogen-bond donors (Lipinski definition) is 0. The van der Waals surface area contributed by atoms with Gasteiger partial charge in [0.1, 0.15) is 0 Å². The van der Waals surface area contributed by atoms with Gasteiger partial charge in [0.2, 0.25) is 5.56 Å². The van der Waals surface area contributed by atoms with Crippen LogP contribution in [0.4, 0.5) is 0 Å². The maximum atomic E-state index is 11.7. The third kappa shape index (κ3) is 3.77. The van der Waals surface area contributed by atoms with Gasteiger partial charge in [0.15, 0.2) is 0 Å². The van der Waals surface area contributed by atoms with Crippen LogP contribution in [-0.2, 0) is 6.42 Å². The van der Waals surface area contributed by atoms with Gasteiger partial charge in [0.25, 0.3) is 0 Å². The standard InChI is InChI=1S/C14H20NO2/c1-10(2)8-14(4,5)9-12-6-11(3)7-13(16)15(12)17/h6-7H,1,8-9H2,2-5H3/q-1. The van der Waals surface area contributed by atoms with E-state index in [9.17, 15) is 10.0 Å². The van der Waals surface area contributed by atoms with E-state index in [-0.39, 0.29) is 5.41 Å². The molecule has 3 heteroatoms. The van der Waals surface area contributed by atoms with Gasteiger partial charge in [-0.3, -0.25) is 4.79 Å². The molecule has 0 saturated heterocycles. The molecule has 0 spiro atoms. The van der Waals surface area contributed by atoms with E-state index in [0.29, 0.717) is 16.8 Å². The van der Waals surface area contributed by atoms with E-state index in [1.807, 2.05) is 13.8 Å². The van der Waals surface area contributed by atoms with Crippen molar-refractivity contribution in [3.63, 3.8) is 0 Å². The summed E-state index contributed by atoms with van der Waals surface area (Å²) >= 11 is 0. The third-order valence-electron chi connectivity index (χ3n) is 2.65. The minimum atomic E-state index is -0.480. The van der Waals surface area contributed by atoms with E-state index >= 15 is 0 Å². The van der Waals surface area contributed by atoms with E-state index in [1.165, 1.54) is 6.07 Å². The summed E-state index contributed by atoms with van der Waals surface area (Å²) in [5.41, 5.74) is 1.93. The Morgan fingerprint density at radius 3 is 2.59 bits per heavy atom. The van der Waals surface area contributed by atoms with E-state index in [4.69, 9.17) is 0 Å². The number of hydrogen-bond acceptors (Lipinski definition) is 2. The largest absolute Gasteiger partial charge is 0.803 e. The van der Waals surface area contributed by atoms with Gasteiger partial charge in [0, 0.05) is 11.8 Å². The Balaban J connectivity index is 3.03. The summed E-state index contributed by atoms with van der Waals surface area (Å²) in [6.07, 6.45) is 1.43. The molecular formula is C14H20NO2-. The van der Waals surface area contributed by atoms with Crippen molar-refractivity contribution >= 4 is 0 Å². The van der Waals surface area contributed by atoms with E-state index in [1.54, 1.807) is 6.07 Å². The molecule has 0 N–H and O–H groups in total. The molecule has 0 atom stereocenters. The smallest absolute Gasteiger partial charge is 0.246 e. The second kappa shape index (κ2) is 4.78. The lowest BCUT2D eigenvalue weighted by Gasteiger charge is -2.28. The number of nitrogens with zero attached hydrogens (tertiary/aromatic N) is 1. The molecule has 0 radical (unpaired) electrons. The molecule has 0 fully saturated rings. The molecule has 94 valence electrons. The molecule has 0 aliphatic rings. The predicted molar refractivity (Wildman–Crippen MR) is 71.1 cm³/mol. The van der Waals surface area contributed by atoms with Crippen molar-refractivity contribution in [1.29, 1.82) is 0 Å². The number of pyridine rings is 1. The quantitative estimate of drug-likeness (QED) is 0.752. The summed E-state index contributed by atoms with van der Waals surface area (Å²) in [5, 5.41) is 11.7. The molecule has 0 unspecified atom stereocenters. The van der Waals surface area contributed by atoms with Crippen LogP contribution in [0.1, 0.15) is 38.4 Å². The molecule has 0 amide bonds.